The van der Waals surface area contributed by atoms with Gasteiger partial charge in [0.2, 0.25) is 0 Å². The molecule has 5 aromatic carbocycles. The number of nitrogens with zero attached hydrogens (tertiary/aromatic N) is 7. The van der Waals surface area contributed by atoms with E-state index in [-0.39, 0.29) is 0 Å². The molecule has 7 nitrogen and oxygen atoms in total. The topological polar surface area (TPSA) is 90.2 Å². The summed E-state index contributed by atoms with van der Waals surface area (Å²) in [6.45, 7) is 0. The molecule has 0 saturated carbocycles. The fourth-order valence-corrected chi connectivity index (χ4v) is 6.93. The van der Waals surface area contributed by atoms with E-state index < -0.39 is 0 Å². The average molecular weight is 718 g/mol. The minimum Gasteiger partial charge on any atom is -0.256 e. The molecule has 0 unspecified atom stereocenters. The highest BCUT2D eigenvalue weighted by atomic mass is 15.1. The van der Waals surface area contributed by atoms with Crippen LogP contribution in [0.25, 0.3) is 101 Å². The lowest BCUT2D eigenvalue weighted by atomic mass is 9.98. The number of pyridine rings is 4. The zero-order valence-corrected chi connectivity index (χ0v) is 30.0. The van der Waals surface area contributed by atoms with Crippen LogP contribution >= 0.6 is 0 Å². The van der Waals surface area contributed by atoms with E-state index in [1.54, 1.807) is 0 Å². The molecule has 0 fully saturated rings. The van der Waals surface area contributed by atoms with Crippen molar-refractivity contribution in [1.82, 2.24) is 34.9 Å². The first-order valence-corrected chi connectivity index (χ1v) is 18.4. The number of hydrogen-bond acceptors (Lipinski definition) is 7. The summed E-state index contributed by atoms with van der Waals surface area (Å²) in [6.07, 6.45) is 3.84. The van der Waals surface area contributed by atoms with Crippen LogP contribution in [0.15, 0.2) is 188 Å². The molecule has 0 amide bonds. The maximum Gasteiger partial charge on any atom is 0.182 e. The van der Waals surface area contributed by atoms with Crippen LogP contribution in [0, 0.1) is 0 Å². The Morgan fingerprint density at radius 3 is 1.11 bits per heavy atom. The van der Waals surface area contributed by atoms with Gasteiger partial charge in [0.05, 0.1) is 22.8 Å². The molecule has 0 N–H and O–H groups in total. The van der Waals surface area contributed by atoms with Gasteiger partial charge in [-0.05, 0) is 65.4 Å². The zero-order chi connectivity index (χ0) is 37.3. The van der Waals surface area contributed by atoms with E-state index in [1.165, 1.54) is 0 Å². The first kappa shape index (κ1) is 32.8. The molecule has 5 heterocycles. The van der Waals surface area contributed by atoms with E-state index in [1.807, 2.05) is 134 Å². The monoisotopic (exact) mass is 717 g/mol. The molecule has 0 aliphatic heterocycles. The molecule has 0 radical (unpaired) electrons. The van der Waals surface area contributed by atoms with Crippen molar-refractivity contribution in [3.8, 4) is 79.5 Å². The lowest BCUT2D eigenvalue weighted by Gasteiger charge is -2.13. The normalized spacial score (nSPS) is 11.2. The molecular weight excluding hydrogens is 687 g/mol. The first-order valence-electron chi connectivity index (χ1n) is 18.4. The van der Waals surface area contributed by atoms with Gasteiger partial charge in [-0.15, -0.1) is 0 Å². The highest BCUT2D eigenvalue weighted by Crippen LogP contribution is 2.34. The second kappa shape index (κ2) is 14.2. The number of hydrogen-bond donors (Lipinski definition) is 0. The Morgan fingerprint density at radius 2 is 0.625 bits per heavy atom. The summed E-state index contributed by atoms with van der Waals surface area (Å²) in [5.41, 5.74) is 9.17. The summed E-state index contributed by atoms with van der Waals surface area (Å²) in [5, 5.41) is 4.36. The van der Waals surface area contributed by atoms with Crippen molar-refractivity contribution < 1.29 is 0 Å². The molecule has 7 heteroatoms. The molecule has 0 spiro atoms. The molecule has 56 heavy (non-hydrogen) atoms. The Balaban J connectivity index is 1.19. The number of aromatic nitrogens is 7. The minimum atomic E-state index is 0.439. The molecule has 5 aromatic heterocycles. The van der Waals surface area contributed by atoms with Gasteiger partial charge in [-0.25, -0.2) is 24.9 Å². The van der Waals surface area contributed by atoms with Crippen molar-refractivity contribution in [2.75, 3.05) is 0 Å². The van der Waals surface area contributed by atoms with Gasteiger partial charge in [-0.1, -0.05) is 121 Å². The van der Waals surface area contributed by atoms with Crippen molar-refractivity contribution in [3.63, 3.8) is 0 Å². The summed E-state index contributed by atoms with van der Waals surface area (Å²) < 4.78 is 0. The summed E-state index contributed by atoms with van der Waals surface area (Å²) in [7, 11) is 0. The molecule has 10 aromatic rings. The Kier molecular flexibility index (Phi) is 8.35. The standard InChI is InChI=1S/C49H31N7/c1-3-13-32(14-4-1)41-21-11-23-43(52-41)48-54-47(55-49(56-48)44-24-12-22-42(53-44)33-15-5-2-6-16-33)40-26-38(45-28-34-17-7-9-19-36(34)30-50-45)25-39(27-40)46-29-35-18-8-10-20-37(35)31-51-46/h1-31H. The Morgan fingerprint density at radius 1 is 0.232 bits per heavy atom. The predicted octanol–water partition coefficient (Wildman–Crippen LogP) is 11.4. The van der Waals surface area contributed by atoms with Gasteiger partial charge < -0.3 is 0 Å². The summed E-state index contributed by atoms with van der Waals surface area (Å²) >= 11 is 0. The molecule has 262 valence electrons. The number of benzene rings is 5. The smallest absolute Gasteiger partial charge is 0.182 e. The quantitative estimate of drug-likeness (QED) is 0.162. The van der Waals surface area contributed by atoms with E-state index in [4.69, 9.17) is 34.9 Å². The highest BCUT2D eigenvalue weighted by Gasteiger charge is 2.18. The molecule has 0 saturated heterocycles. The Bertz CT molecular complexity index is 2840. The van der Waals surface area contributed by atoms with Gasteiger partial charge in [-0.3, -0.25) is 9.97 Å². The van der Waals surface area contributed by atoms with Crippen LogP contribution in [0.4, 0.5) is 0 Å². The minimum absolute atomic E-state index is 0.439. The highest BCUT2D eigenvalue weighted by molar-refractivity contribution is 5.89. The second-order valence-corrected chi connectivity index (χ2v) is 13.5. The fraction of sp³-hybridized carbons (Fsp3) is 0. The number of fused-ring (bicyclic) bond motifs is 2. The fourth-order valence-electron chi connectivity index (χ4n) is 6.93. The Hall–Kier alpha value is -7.77. The Labute approximate surface area is 323 Å². The average Bonchev–Trinajstić information content (AvgIpc) is 3.29. The van der Waals surface area contributed by atoms with Crippen molar-refractivity contribution >= 4 is 21.5 Å². The van der Waals surface area contributed by atoms with Crippen LogP contribution in [0.3, 0.4) is 0 Å². The van der Waals surface area contributed by atoms with Gasteiger partial charge in [0.15, 0.2) is 17.5 Å². The van der Waals surface area contributed by atoms with Crippen molar-refractivity contribution in [2.24, 2.45) is 0 Å². The van der Waals surface area contributed by atoms with E-state index in [0.717, 1.165) is 72.1 Å². The molecule has 0 aliphatic carbocycles. The third kappa shape index (κ3) is 6.54. The maximum absolute atomic E-state index is 5.13. The van der Waals surface area contributed by atoms with E-state index in [9.17, 15) is 0 Å². The summed E-state index contributed by atoms with van der Waals surface area (Å²) in [5.74, 6) is 1.36. The molecule has 0 atom stereocenters. The zero-order valence-electron chi connectivity index (χ0n) is 30.0. The predicted molar refractivity (Wildman–Crippen MR) is 224 cm³/mol. The summed E-state index contributed by atoms with van der Waals surface area (Å²) in [4.78, 5) is 35.2. The van der Waals surface area contributed by atoms with Gasteiger partial charge in [0.1, 0.15) is 11.4 Å². The van der Waals surface area contributed by atoms with Crippen LogP contribution in [0.5, 0.6) is 0 Å². The van der Waals surface area contributed by atoms with Crippen LogP contribution in [-0.2, 0) is 0 Å². The van der Waals surface area contributed by atoms with Crippen LogP contribution in [0.2, 0.25) is 0 Å². The van der Waals surface area contributed by atoms with Gasteiger partial charge in [0, 0.05) is 51.0 Å². The van der Waals surface area contributed by atoms with Gasteiger partial charge in [0.25, 0.3) is 0 Å². The van der Waals surface area contributed by atoms with Crippen LogP contribution < -0.4 is 0 Å². The third-order valence-electron chi connectivity index (χ3n) is 9.78. The van der Waals surface area contributed by atoms with Gasteiger partial charge in [-0.2, -0.15) is 0 Å². The van der Waals surface area contributed by atoms with Crippen molar-refractivity contribution in [2.45, 2.75) is 0 Å². The lowest BCUT2D eigenvalue weighted by Crippen LogP contribution is -2.03. The molecule has 0 aliphatic rings. The maximum atomic E-state index is 5.13. The summed E-state index contributed by atoms with van der Waals surface area (Å²) in [6, 6.07) is 59.1. The van der Waals surface area contributed by atoms with Crippen LogP contribution in [-0.4, -0.2) is 34.9 Å². The molecule has 10 rings (SSSR count). The molecule has 0 bridgehead atoms. The van der Waals surface area contributed by atoms with Crippen LogP contribution in [0.1, 0.15) is 0 Å². The number of rotatable bonds is 7. The van der Waals surface area contributed by atoms with E-state index >= 15 is 0 Å². The third-order valence-corrected chi connectivity index (χ3v) is 9.78. The van der Waals surface area contributed by atoms with Gasteiger partial charge >= 0.3 is 0 Å². The second-order valence-electron chi connectivity index (χ2n) is 13.5. The largest absolute Gasteiger partial charge is 0.256 e. The first-order chi connectivity index (χ1) is 27.7. The van der Waals surface area contributed by atoms with E-state index in [2.05, 4.69) is 54.6 Å². The van der Waals surface area contributed by atoms with E-state index in [0.29, 0.717) is 28.9 Å². The molecular formula is C49H31N7. The lowest BCUT2D eigenvalue weighted by molar-refractivity contribution is 1.05. The van der Waals surface area contributed by atoms with Crippen molar-refractivity contribution in [3.05, 3.63) is 188 Å². The van der Waals surface area contributed by atoms with Crippen molar-refractivity contribution in [1.29, 1.82) is 0 Å². The SMILES string of the molecule is c1ccc(-c2cccc(-c3nc(-c4cc(-c5cc6ccccc6cn5)cc(-c5cc6ccccc6cn5)c4)nc(-c4cccc(-c5ccccc5)n4)n3)n2)cc1.